The Morgan fingerprint density at radius 3 is 2.44 bits per heavy atom. The van der Waals surface area contributed by atoms with Gasteiger partial charge in [-0.15, -0.1) is 0 Å². The molecule has 0 radical (unpaired) electrons. The van der Waals surface area contributed by atoms with Gasteiger partial charge in [-0.3, -0.25) is 10.1 Å². The van der Waals surface area contributed by atoms with E-state index in [1.807, 2.05) is 0 Å². The molecule has 2 amide bonds. The second-order valence-electron chi connectivity index (χ2n) is 6.34. The Morgan fingerprint density at radius 1 is 1.12 bits per heavy atom. The molecule has 2 rings (SSSR count). The average Bonchev–Trinajstić information content (AvgIpc) is 2.75. The topological polar surface area (TPSA) is 158 Å². The lowest BCUT2D eigenvalue weighted by Gasteiger charge is -2.14. The number of rotatable bonds is 7. The van der Waals surface area contributed by atoms with Crippen LogP contribution in [0, 0.1) is 0 Å². The molecule has 4 N–H and O–H groups in total. The highest BCUT2D eigenvalue weighted by Crippen LogP contribution is 2.34. The largest absolute Gasteiger partial charge is 0.453 e. The van der Waals surface area contributed by atoms with Crippen LogP contribution in [0.15, 0.2) is 52.4 Å². The van der Waals surface area contributed by atoms with Crippen molar-refractivity contribution in [1.29, 1.82) is 0 Å². The number of nitrogens with zero attached hydrogens (tertiary/aromatic N) is 1. The van der Waals surface area contributed by atoms with Crippen molar-refractivity contribution in [1.82, 2.24) is 5.32 Å². The molecule has 0 bridgehead atoms. The van der Waals surface area contributed by atoms with Gasteiger partial charge in [-0.05, 0) is 30.3 Å². The predicted octanol–water partition coefficient (Wildman–Crippen LogP) is 2.36. The lowest BCUT2D eigenvalue weighted by molar-refractivity contribution is -0.137. The molecular weight excluding hydrogens is 485 g/mol. The van der Waals surface area contributed by atoms with Crippen LogP contribution in [-0.4, -0.2) is 47.2 Å². The number of alkyl carbamates (subject to hydrolysis) is 1. The number of nitrogens with one attached hydrogen (secondary N) is 2. The number of hydrogen-bond donors (Lipinski definition) is 3. The third-order valence-corrected chi connectivity index (χ3v) is 5.06. The minimum Gasteiger partial charge on any atom is -0.453 e. The van der Waals surface area contributed by atoms with Gasteiger partial charge in [-0.2, -0.15) is 21.6 Å². The fourth-order valence-electron chi connectivity index (χ4n) is 2.39. The van der Waals surface area contributed by atoms with E-state index in [2.05, 4.69) is 25.1 Å². The molecule has 0 atom stereocenters. The number of nitrogens with two attached hydrogens (primary N) is 1. The minimum atomic E-state index is -4.79. The van der Waals surface area contributed by atoms with Crippen LogP contribution < -0.4 is 20.6 Å². The molecule has 0 fully saturated rings. The molecule has 0 spiro atoms. The van der Waals surface area contributed by atoms with Crippen LogP contribution in [0.4, 0.5) is 29.3 Å². The first-order valence-corrected chi connectivity index (χ1v) is 10.5. The van der Waals surface area contributed by atoms with Gasteiger partial charge in [0.25, 0.3) is 0 Å². The number of carbonyl (C=O) groups excluding carboxylic acids is 2. The number of alkyl halides is 3. The molecule has 2 aromatic rings. The fraction of sp³-hybridized carbons (Fsp3) is 0.211. The Hall–Kier alpha value is -3.85. The molecule has 0 aliphatic rings. The Morgan fingerprint density at radius 2 is 1.82 bits per heavy atom. The Labute approximate surface area is 191 Å². The number of carbonyl (C=O) groups is 2. The number of amides is 2. The fourth-order valence-corrected chi connectivity index (χ4v) is 3.37. The summed E-state index contributed by atoms with van der Waals surface area (Å²) in [6.07, 6.45) is -5.71. The molecule has 0 aromatic heterocycles. The number of aliphatic imine (C=N–C) groups is 1. The second-order valence-corrected chi connectivity index (χ2v) is 7.88. The quantitative estimate of drug-likeness (QED) is 0.294. The lowest BCUT2D eigenvalue weighted by Crippen LogP contribution is -2.36. The van der Waals surface area contributed by atoms with E-state index in [0.29, 0.717) is 12.1 Å². The number of halogens is 3. The Balaban J connectivity index is 2.47. The van der Waals surface area contributed by atoms with Gasteiger partial charge in [-0.1, -0.05) is 6.07 Å². The third-order valence-electron chi connectivity index (χ3n) is 3.83. The molecule has 2 aromatic carbocycles. The normalized spacial score (nSPS) is 12.1. The zero-order chi connectivity index (χ0) is 25.5. The molecule has 0 aliphatic carbocycles. The molecule has 0 aliphatic heterocycles. The summed E-state index contributed by atoms with van der Waals surface area (Å²) in [6, 6.07) is 6.43. The van der Waals surface area contributed by atoms with E-state index in [9.17, 15) is 31.2 Å². The Kier molecular flexibility index (Phi) is 8.42. The maximum Gasteiger partial charge on any atom is 0.416 e. The molecular formula is C19H19F3N4O7S. The van der Waals surface area contributed by atoms with Crippen LogP contribution in [0.25, 0.3) is 0 Å². The molecule has 0 saturated heterocycles. The number of guanidine groups is 1. The van der Waals surface area contributed by atoms with Crippen LogP contribution in [0.2, 0.25) is 0 Å². The minimum absolute atomic E-state index is 0.0344. The highest BCUT2D eigenvalue weighted by molar-refractivity contribution is 7.87. The van der Waals surface area contributed by atoms with Crippen molar-refractivity contribution < 1.29 is 44.8 Å². The number of anilines is 1. The van der Waals surface area contributed by atoms with E-state index >= 15 is 0 Å². The third kappa shape index (κ3) is 7.35. The van der Waals surface area contributed by atoms with Gasteiger partial charge < -0.3 is 24.7 Å². The van der Waals surface area contributed by atoms with Crippen molar-refractivity contribution in [3.63, 3.8) is 0 Å². The van der Waals surface area contributed by atoms with Crippen LogP contribution >= 0.6 is 0 Å². The van der Waals surface area contributed by atoms with E-state index in [4.69, 9.17) is 9.92 Å². The first kappa shape index (κ1) is 26.4. The van der Waals surface area contributed by atoms with Gasteiger partial charge in [0, 0.05) is 13.2 Å². The van der Waals surface area contributed by atoms with Gasteiger partial charge in [0.2, 0.25) is 11.9 Å². The van der Waals surface area contributed by atoms with Crippen molar-refractivity contribution in [2.24, 2.45) is 10.7 Å². The average molecular weight is 504 g/mol. The molecule has 11 nitrogen and oxygen atoms in total. The summed E-state index contributed by atoms with van der Waals surface area (Å²) < 4.78 is 78.4. The first-order chi connectivity index (χ1) is 15.9. The van der Waals surface area contributed by atoms with Crippen molar-refractivity contribution in [3.8, 4) is 5.75 Å². The monoisotopic (exact) mass is 504 g/mol. The number of methoxy groups -OCH3 is 2. The van der Waals surface area contributed by atoms with E-state index in [1.54, 1.807) is 0 Å². The zero-order valence-corrected chi connectivity index (χ0v) is 18.5. The first-order valence-electron chi connectivity index (χ1n) is 9.09. The summed E-state index contributed by atoms with van der Waals surface area (Å²) >= 11 is 0. The summed E-state index contributed by atoms with van der Waals surface area (Å²) in [4.78, 5) is 26.2. The highest BCUT2D eigenvalue weighted by Gasteiger charge is 2.32. The van der Waals surface area contributed by atoms with Crippen LogP contribution in [0.1, 0.15) is 5.56 Å². The molecule has 0 heterocycles. The predicted molar refractivity (Wildman–Crippen MR) is 113 cm³/mol. The van der Waals surface area contributed by atoms with E-state index in [1.165, 1.54) is 19.2 Å². The molecule has 184 valence electrons. The standard InChI is InChI=1S/C19H19F3N4O7S/c1-31-10-16(27)25-14-7-6-12(24-17(23)26-18(28)32-2)9-15(14)33-34(29,30)13-5-3-4-11(8-13)19(20,21)22/h3-9H,10H2,1-2H3,(H,25,27)(H3,23,24,26,28). The zero-order valence-electron chi connectivity index (χ0n) is 17.7. The summed E-state index contributed by atoms with van der Waals surface area (Å²) in [6.45, 7) is -0.379. The maximum atomic E-state index is 13.0. The number of ether oxygens (including phenoxy) is 2. The van der Waals surface area contributed by atoms with Gasteiger partial charge in [0.15, 0.2) is 5.75 Å². The van der Waals surface area contributed by atoms with E-state index in [0.717, 1.165) is 25.3 Å². The van der Waals surface area contributed by atoms with Crippen molar-refractivity contribution in [2.45, 2.75) is 11.1 Å². The Bertz CT molecular complexity index is 1200. The SMILES string of the molecule is COCC(=O)Nc1ccc(N=C(N)NC(=O)OC)cc1OS(=O)(=O)c1cccc(C(F)(F)F)c1. The van der Waals surface area contributed by atoms with Gasteiger partial charge in [0.05, 0.1) is 24.0 Å². The van der Waals surface area contributed by atoms with Gasteiger partial charge >= 0.3 is 22.4 Å². The van der Waals surface area contributed by atoms with Gasteiger partial charge in [0.1, 0.15) is 11.5 Å². The van der Waals surface area contributed by atoms with Crippen LogP contribution in [0.5, 0.6) is 5.75 Å². The molecule has 15 heteroatoms. The lowest BCUT2D eigenvalue weighted by atomic mass is 10.2. The van der Waals surface area contributed by atoms with Crippen LogP contribution in [-0.2, 0) is 30.6 Å². The maximum absolute atomic E-state index is 13.0. The van der Waals surface area contributed by atoms with Crippen molar-refractivity contribution >= 4 is 39.5 Å². The van der Waals surface area contributed by atoms with Crippen molar-refractivity contribution in [2.75, 3.05) is 26.1 Å². The number of hydrogen-bond acceptors (Lipinski definition) is 8. The summed E-state index contributed by atoms with van der Waals surface area (Å²) in [5.41, 5.74) is 4.16. The second kappa shape index (κ2) is 10.8. The summed E-state index contributed by atoms with van der Waals surface area (Å²) in [7, 11) is -2.44. The smallest absolute Gasteiger partial charge is 0.416 e. The van der Waals surface area contributed by atoms with E-state index in [-0.39, 0.29) is 18.0 Å². The van der Waals surface area contributed by atoms with Crippen molar-refractivity contribution in [3.05, 3.63) is 48.0 Å². The number of benzene rings is 2. The van der Waals surface area contributed by atoms with Gasteiger partial charge in [-0.25, -0.2) is 9.79 Å². The summed E-state index contributed by atoms with van der Waals surface area (Å²) in [5, 5.41) is 4.41. The van der Waals surface area contributed by atoms with E-state index < -0.39 is 50.5 Å². The summed E-state index contributed by atoms with van der Waals surface area (Å²) in [5.74, 6) is -1.59. The molecule has 34 heavy (non-hydrogen) atoms. The van der Waals surface area contributed by atoms with Crippen LogP contribution in [0.3, 0.4) is 0 Å². The molecule has 0 saturated carbocycles. The highest BCUT2D eigenvalue weighted by atomic mass is 32.2. The molecule has 0 unspecified atom stereocenters.